The van der Waals surface area contributed by atoms with E-state index in [-0.39, 0.29) is 24.0 Å². The van der Waals surface area contributed by atoms with Crippen molar-refractivity contribution in [1.29, 1.82) is 0 Å². The number of carbonyl (C=O) groups excluding carboxylic acids is 1. The van der Waals surface area contributed by atoms with Gasteiger partial charge in [0.1, 0.15) is 0 Å². The van der Waals surface area contributed by atoms with E-state index in [1.54, 1.807) is 12.2 Å². The zero-order valence-electron chi connectivity index (χ0n) is 13.4. The van der Waals surface area contributed by atoms with E-state index in [0.29, 0.717) is 19.3 Å². The zero-order chi connectivity index (χ0) is 16.4. The van der Waals surface area contributed by atoms with Crippen LogP contribution in [0.5, 0.6) is 0 Å². The maximum Gasteiger partial charge on any atom is 0.303 e. The highest BCUT2D eigenvalue weighted by atomic mass is 16.4. The van der Waals surface area contributed by atoms with Gasteiger partial charge in [0.15, 0.2) is 5.78 Å². The molecule has 22 heavy (non-hydrogen) atoms. The normalized spacial score (nSPS) is 22.5. The molecule has 0 unspecified atom stereocenters. The maximum atomic E-state index is 11.9. The number of allylic oxidation sites excluding steroid dienone is 3. The van der Waals surface area contributed by atoms with Crippen LogP contribution in [0, 0.1) is 11.8 Å². The smallest absolute Gasteiger partial charge is 0.303 e. The molecule has 0 fully saturated rings. The molecular formula is C18H28O4. The predicted octanol–water partition coefficient (Wildman–Crippen LogP) is 3.50. The highest BCUT2D eigenvalue weighted by Gasteiger charge is 2.27. The molecule has 0 radical (unpaired) electrons. The van der Waals surface area contributed by atoms with Crippen molar-refractivity contribution >= 4 is 11.8 Å². The molecule has 0 aromatic rings. The van der Waals surface area contributed by atoms with Gasteiger partial charge in [-0.1, -0.05) is 44.4 Å². The van der Waals surface area contributed by atoms with E-state index in [9.17, 15) is 14.7 Å². The number of aliphatic carboxylic acids is 1. The number of hydrogen-bond acceptors (Lipinski definition) is 3. The number of aliphatic hydroxyl groups is 1. The van der Waals surface area contributed by atoms with Gasteiger partial charge in [-0.25, -0.2) is 0 Å². The summed E-state index contributed by atoms with van der Waals surface area (Å²) in [6, 6.07) is 0. The lowest BCUT2D eigenvalue weighted by molar-refractivity contribution is -0.137. The topological polar surface area (TPSA) is 74.6 Å². The van der Waals surface area contributed by atoms with Gasteiger partial charge in [-0.05, 0) is 37.7 Å². The molecule has 4 heteroatoms. The molecule has 1 rings (SSSR count). The Hall–Kier alpha value is -1.42. The monoisotopic (exact) mass is 308 g/mol. The molecule has 0 aromatic heterocycles. The second-order valence-electron chi connectivity index (χ2n) is 6.04. The van der Waals surface area contributed by atoms with E-state index in [1.165, 1.54) is 12.8 Å². The van der Waals surface area contributed by atoms with Crippen LogP contribution in [-0.4, -0.2) is 28.1 Å². The average molecular weight is 308 g/mol. The van der Waals surface area contributed by atoms with Crippen molar-refractivity contribution in [2.24, 2.45) is 11.8 Å². The van der Waals surface area contributed by atoms with Crippen molar-refractivity contribution in [3.63, 3.8) is 0 Å². The Morgan fingerprint density at radius 2 is 2.09 bits per heavy atom. The minimum atomic E-state index is -0.803. The highest BCUT2D eigenvalue weighted by molar-refractivity contribution is 5.95. The van der Waals surface area contributed by atoms with E-state index in [1.807, 2.05) is 12.2 Å². The molecule has 0 amide bonds. The van der Waals surface area contributed by atoms with Crippen molar-refractivity contribution in [2.75, 3.05) is 0 Å². The molecule has 0 spiro atoms. The molecule has 0 aromatic carbocycles. The van der Waals surface area contributed by atoms with Crippen LogP contribution in [-0.2, 0) is 9.59 Å². The van der Waals surface area contributed by atoms with Gasteiger partial charge in [0, 0.05) is 12.3 Å². The van der Waals surface area contributed by atoms with Crippen molar-refractivity contribution in [3.8, 4) is 0 Å². The summed E-state index contributed by atoms with van der Waals surface area (Å²) >= 11 is 0. The second-order valence-corrected chi connectivity index (χ2v) is 6.04. The first-order chi connectivity index (χ1) is 10.5. The minimum Gasteiger partial charge on any atom is -0.481 e. The summed E-state index contributed by atoms with van der Waals surface area (Å²) in [6.07, 6.45) is 13.0. The predicted molar refractivity (Wildman–Crippen MR) is 86.5 cm³/mol. The first kappa shape index (κ1) is 18.6. The first-order valence-electron chi connectivity index (χ1n) is 8.34. The Balaban J connectivity index is 2.35. The Labute approximate surface area is 132 Å². The van der Waals surface area contributed by atoms with Gasteiger partial charge in [-0.2, -0.15) is 0 Å². The van der Waals surface area contributed by atoms with E-state index in [4.69, 9.17) is 5.11 Å². The zero-order valence-corrected chi connectivity index (χ0v) is 13.4. The van der Waals surface area contributed by atoms with Gasteiger partial charge < -0.3 is 10.2 Å². The van der Waals surface area contributed by atoms with Crippen molar-refractivity contribution < 1.29 is 19.8 Å². The molecule has 1 aliphatic rings. The highest BCUT2D eigenvalue weighted by Crippen LogP contribution is 2.28. The average Bonchev–Trinajstić information content (AvgIpc) is 2.82. The maximum absolute atomic E-state index is 11.9. The van der Waals surface area contributed by atoms with Crippen molar-refractivity contribution in [2.45, 2.75) is 64.4 Å². The fraction of sp³-hybridized carbons (Fsp3) is 0.667. The summed E-state index contributed by atoms with van der Waals surface area (Å²) in [4.78, 5) is 22.3. The molecule has 0 saturated carbocycles. The summed E-state index contributed by atoms with van der Waals surface area (Å²) < 4.78 is 0. The largest absolute Gasteiger partial charge is 0.481 e. The van der Waals surface area contributed by atoms with Crippen LogP contribution in [0.25, 0.3) is 0 Å². The number of carboxylic acids is 1. The van der Waals surface area contributed by atoms with Gasteiger partial charge in [-0.15, -0.1) is 0 Å². The number of carboxylic acid groups (broad SMARTS) is 1. The molecular weight excluding hydrogens is 280 g/mol. The lowest BCUT2D eigenvalue weighted by Crippen LogP contribution is -2.14. The van der Waals surface area contributed by atoms with Gasteiger partial charge >= 0.3 is 5.97 Å². The van der Waals surface area contributed by atoms with Crippen LogP contribution >= 0.6 is 0 Å². The van der Waals surface area contributed by atoms with Gasteiger partial charge in [-0.3, -0.25) is 9.59 Å². The van der Waals surface area contributed by atoms with Crippen LogP contribution < -0.4 is 0 Å². The lowest BCUT2D eigenvalue weighted by Gasteiger charge is -2.15. The second kappa shape index (κ2) is 10.3. The summed E-state index contributed by atoms with van der Waals surface area (Å²) in [7, 11) is 0. The van der Waals surface area contributed by atoms with E-state index >= 15 is 0 Å². The molecule has 124 valence electrons. The third-order valence-electron chi connectivity index (χ3n) is 4.12. The van der Waals surface area contributed by atoms with Crippen molar-refractivity contribution in [1.82, 2.24) is 0 Å². The summed E-state index contributed by atoms with van der Waals surface area (Å²) in [5.41, 5.74) is 0. The summed E-state index contributed by atoms with van der Waals surface area (Å²) in [6.45, 7) is 2.16. The molecule has 0 aliphatic heterocycles. The molecule has 4 nitrogen and oxygen atoms in total. The number of rotatable bonds is 11. The Bertz CT molecular complexity index is 411. The summed E-state index contributed by atoms with van der Waals surface area (Å²) in [5, 5.41) is 18.4. The van der Waals surface area contributed by atoms with Gasteiger partial charge in [0.25, 0.3) is 0 Å². The first-order valence-corrected chi connectivity index (χ1v) is 8.34. The Morgan fingerprint density at radius 3 is 2.77 bits per heavy atom. The van der Waals surface area contributed by atoms with Gasteiger partial charge in [0.2, 0.25) is 0 Å². The Morgan fingerprint density at radius 1 is 1.32 bits per heavy atom. The number of aliphatic hydroxyl groups excluding tert-OH is 1. The van der Waals surface area contributed by atoms with Crippen LogP contribution in [0.2, 0.25) is 0 Å². The number of hydrogen-bond donors (Lipinski definition) is 2. The summed E-state index contributed by atoms with van der Waals surface area (Å²) in [5.74, 6) is -0.557. The third-order valence-corrected chi connectivity index (χ3v) is 4.12. The molecule has 2 N–H and O–H groups in total. The minimum absolute atomic E-state index is 0.121. The molecule has 1 aliphatic carbocycles. The van der Waals surface area contributed by atoms with Crippen molar-refractivity contribution in [3.05, 3.63) is 24.3 Å². The SMILES string of the molecule is CCCCC[C@H]1C=CC(=O)[C@H]1/C=C/[C@H](O)CCCCC(=O)O. The lowest BCUT2D eigenvalue weighted by atomic mass is 9.89. The fourth-order valence-electron chi connectivity index (χ4n) is 2.78. The Kier molecular flexibility index (Phi) is 8.75. The molecule has 0 bridgehead atoms. The van der Waals surface area contributed by atoms with Crippen LogP contribution in [0.15, 0.2) is 24.3 Å². The standard InChI is InChI=1S/C18H28O4/c1-2-3-4-7-14-10-13-17(20)16(14)12-11-15(19)8-5-6-9-18(21)22/h10-16,19H,2-9H2,1H3,(H,21,22)/b12-11+/t14-,15+,16-/m0/s1. The van der Waals surface area contributed by atoms with E-state index < -0.39 is 12.1 Å². The quantitative estimate of drug-likeness (QED) is 0.452. The molecule has 0 saturated heterocycles. The third kappa shape index (κ3) is 7.03. The van der Waals surface area contributed by atoms with Crippen LogP contribution in [0.1, 0.15) is 58.3 Å². The number of carbonyl (C=O) groups is 2. The van der Waals surface area contributed by atoms with E-state index in [0.717, 1.165) is 12.8 Å². The van der Waals surface area contributed by atoms with Crippen LogP contribution in [0.3, 0.4) is 0 Å². The number of ketones is 1. The van der Waals surface area contributed by atoms with Crippen LogP contribution in [0.4, 0.5) is 0 Å². The van der Waals surface area contributed by atoms with E-state index in [2.05, 4.69) is 6.92 Å². The van der Waals surface area contributed by atoms with Gasteiger partial charge in [0.05, 0.1) is 6.10 Å². The molecule has 0 heterocycles. The number of unbranched alkanes of at least 4 members (excludes halogenated alkanes) is 3. The fourth-order valence-corrected chi connectivity index (χ4v) is 2.78. The molecule has 3 atom stereocenters.